The Labute approximate surface area is 146 Å². The minimum atomic E-state index is -3.84. The lowest BCUT2D eigenvalue weighted by Gasteiger charge is -2.16. The molecule has 0 radical (unpaired) electrons. The number of esters is 1. The summed E-state index contributed by atoms with van der Waals surface area (Å²) >= 11 is 0. The fourth-order valence-corrected chi connectivity index (χ4v) is 2.78. The van der Waals surface area contributed by atoms with Crippen LogP contribution in [-0.2, 0) is 29.1 Å². The van der Waals surface area contributed by atoms with Gasteiger partial charge in [-0.2, -0.15) is 4.31 Å². The number of rotatable bonds is 8. The molecule has 0 fully saturated rings. The van der Waals surface area contributed by atoms with Crippen molar-refractivity contribution in [3.63, 3.8) is 0 Å². The van der Waals surface area contributed by atoms with Crippen LogP contribution in [0.1, 0.15) is 5.56 Å². The summed E-state index contributed by atoms with van der Waals surface area (Å²) in [5.74, 6) is -1.95. The number of hydrogen-bond acceptors (Lipinski definition) is 6. The van der Waals surface area contributed by atoms with Crippen LogP contribution in [0.3, 0.4) is 0 Å². The third-order valence-corrected chi connectivity index (χ3v) is 4.99. The van der Waals surface area contributed by atoms with E-state index in [0.717, 1.165) is 9.87 Å². The first kappa shape index (κ1) is 20.6. The highest BCUT2D eigenvalue weighted by molar-refractivity contribution is 7.89. The minimum absolute atomic E-state index is 0.0525. The third-order valence-electron chi connectivity index (χ3n) is 3.17. The van der Waals surface area contributed by atoms with Crippen molar-refractivity contribution in [2.45, 2.75) is 11.8 Å². The van der Waals surface area contributed by atoms with Gasteiger partial charge in [0.15, 0.2) is 6.61 Å². The van der Waals surface area contributed by atoms with Crippen molar-refractivity contribution >= 4 is 27.8 Å². The van der Waals surface area contributed by atoms with Gasteiger partial charge in [-0.15, -0.1) is 0 Å². The Morgan fingerprint density at radius 1 is 1.12 bits per heavy atom. The fourth-order valence-electron chi connectivity index (χ4n) is 1.67. The lowest BCUT2D eigenvalue weighted by Crippen LogP contribution is -2.38. The summed E-state index contributed by atoms with van der Waals surface area (Å²) < 4.78 is 30.2. The first-order valence-corrected chi connectivity index (χ1v) is 8.76. The Bertz CT molecular complexity index is 730. The van der Waals surface area contributed by atoms with E-state index in [1.165, 1.54) is 26.2 Å². The monoisotopic (exact) mass is 371 g/mol. The molecule has 0 spiro atoms. The van der Waals surface area contributed by atoms with E-state index in [1.807, 2.05) is 6.92 Å². The maximum atomic E-state index is 12.3. The van der Waals surface area contributed by atoms with Crippen molar-refractivity contribution in [2.75, 3.05) is 33.8 Å². The molecule has 0 unspecified atom stereocenters. The van der Waals surface area contributed by atoms with E-state index in [9.17, 15) is 22.8 Å². The number of likely N-dealkylation sites (N-methyl/N-ethyl adjacent to an activating group) is 2. The van der Waals surface area contributed by atoms with E-state index in [0.29, 0.717) is 0 Å². The standard InChI is InChI=1S/C15H21N3O6S/c1-11-4-6-12(7-5-11)25(22,23)18(3)9-15(21)24-10-14(20)17-8-13(19)16-2/h4-7H,8-10H2,1-3H3,(H,16,19)(H,17,20). The van der Waals surface area contributed by atoms with Crippen LogP contribution in [0.5, 0.6) is 0 Å². The SMILES string of the molecule is CNC(=O)CNC(=O)COC(=O)CN(C)S(=O)(=O)c1ccc(C)cc1. The fraction of sp³-hybridized carbons (Fsp3) is 0.400. The molecule has 0 aromatic heterocycles. The van der Waals surface area contributed by atoms with Crippen LogP contribution in [0.4, 0.5) is 0 Å². The first-order valence-electron chi connectivity index (χ1n) is 7.32. The number of benzene rings is 1. The molecule has 0 saturated heterocycles. The molecule has 1 aromatic rings. The highest BCUT2D eigenvalue weighted by Gasteiger charge is 2.23. The van der Waals surface area contributed by atoms with Crippen LogP contribution in [0, 0.1) is 6.92 Å². The number of hydrogen-bond donors (Lipinski definition) is 2. The van der Waals surface area contributed by atoms with Gasteiger partial charge in [-0.25, -0.2) is 8.42 Å². The van der Waals surface area contributed by atoms with E-state index in [1.54, 1.807) is 12.1 Å². The maximum absolute atomic E-state index is 12.3. The number of amides is 2. The van der Waals surface area contributed by atoms with Crippen LogP contribution in [0.15, 0.2) is 29.2 Å². The number of carbonyl (C=O) groups is 3. The number of aryl methyl sites for hydroxylation is 1. The van der Waals surface area contributed by atoms with Gasteiger partial charge in [0.2, 0.25) is 15.9 Å². The predicted molar refractivity (Wildman–Crippen MR) is 89.0 cm³/mol. The molecular formula is C15H21N3O6S. The number of nitrogens with zero attached hydrogens (tertiary/aromatic N) is 1. The lowest BCUT2D eigenvalue weighted by atomic mass is 10.2. The van der Waals surface area contributed by atoms with Gasteiger partial charge < -0.3 is 15.4 Å². The van der Waals surface area contributed by atoms with Crippen molar-refractivity contribution in [2.24, 2.45) is 0 Å². The second-order valence-corrected chi connectivity index (χ2v) is 7.23. The van der Waals surface area contributed by atoms with E-state index < -0.39 is 41.0 Å². The summed E-state index contributed by atoms with van der Waals surface area (Å²) in [7, 11) is -1.18. The molecule has 0 aliphatic rings. The number of sulfonamides is 1. The summed E-state index contributed by atoms with van der Waals surface area (Å²) in [6.07, 6.45) is 0. The molecule has 0 saturated carbocycles. The zero-order valence-electron chi connectivity index (χ0n) is 14.2. The Morgan fingerprint density at radius 2 is 1.72 bits per heavy atom. The Kier molecular flexibility index (Phi) is 7.52. The van der Waals surface area contributed by atoms with E-state index in [-0.39, 0.29) is 11.4 Å². The lowest BCUT2D eigenvalue weighted by molar-refractivity contribution is -0.148. The van der Waals surface area contributed by atoms with E-state index >= 15 is 0 Å². The summed E-state index contributed by atoms with van der Waals surface area (Å²) in [5.41, 5.74) is 0.906. The molecule has 0 aliphatic carbocycles. The normalized spacial score (nSPS) is 11.0. The highest BCUT2D eigenvalue weighted by atomic mass is 32.2. The van der Waals surface area contributed by atoms with E-state index in [4.69, 9.17) is 4.74 Å². The number of ether oxygens (including phenoxy) is 1. The van der Waals surface area contributed by atoms with Crippen molar-refractivity contribution in [3.05, 3.63) is 29.8 Å². The van der Waals surface area contributed by atoms with Crippen LogP contribution in [0.25, 0.3) is 0 Å². The topological polar surface area (TPSA) is 122 Å². The molecule has 2 N–H and O–H groups in total. The van der Waals surface area contributed by atoms with Crippen molar-refractivity contribution in [3.8, 4) is 0 Å². The number of carbonyl (C=O) groups excluding carboxylic acids is 3. The summed E-state index contributed by atoms with van der Waals surface area (Å²) in [6.45, 7) is 0.439. The average Bonchev–Trinajstić information content (AvgIpc) is 2.58. The van der Waals surface area contributed by atoms with Crippen molar-refractivity contribution in [1.82, 2.24) is 14.9 Å². The smallest absolute Gasteiger partial charge is 0.321 e. The van der Waals surface area contributed by atoms with Gasteiger partial charge in [-0.3, -0.25) is 14.4 Å². The van der Waals surface area contributed by atoms with Gasteiger partial charge >= 0.3 is 5.97 Å². The molecule has 0 aliphatic heterocycles. The van der Waals surface area contributed by atoms with Gasteiger partial charge in [0.1, 0.15) is 6.54 Å². The molecule has 138 valence electrons. The van der Waals surface area contributed by atoms with Crippen molar-refractivity contribution < 1.29 is 27.5 Å². The molecule has 0 bridgehead atoms. The Hall–Kier alpha value is -2.46. The van der Waals surface area contributed by atoms with Crippen molar-refractivity contribution in [1.29, 1.82) is 0 Å². The molecule has 9 nitrogen and oxygen atoms in total. The summed E-state index contributed by atoms with van der Waals surface area (Å²) in [5, 5.41) is 4.56. The Balaban J connectivity index is 2.52. The van der Waals surface area contributed by atoms with Gasteiger partial charge in [0, 0.05) is 14.1 Å². The predicted octanol–water partition coefficient (Wildman–Crippen LogP) is -0.979. The molecule has 10 heteroatoms. The molecule has 1 rings (SSSR count). The molecule has 1 aromatic carbocycles. The summed E-state index contributed by atoms with van der Waals surface area (Å²) in [4.78, 5) is 34.1. The quantitative estimate of drug-likeness (QED) is 0.567. The second kappa shape index (κ2) is 9.14. The molecule has 2 amide bonds. The van der Waals surface area contributed by atoms with Crippen LogP contribution in [-0.4, -0.2) is 64.3 Å². The third kappa shape index (κ3) is 6.51. The maximum Gasteiger partial charge on any atom is 0.321 e. The molecule has 0 atom stereocenters. The second-order valence-electron chi connectivity index (χ2n) is 5.18. The number of nitrogens with one attached hydrogen (secondary N) is 2. The first-order chi connectivity index (χ1) is 11.7. The molecular weight excluding hydrogens is 350 g/mol. The zero-order valence-corrected chi connectivity index (χ0v) is 15.1. The van der Waals surface area contributed by atoms with Gasteiger partial charge in [-0.1, -0.05) is 17.7 Å². The van der Waals surface area contributed by atoms with Crippen LogP contribution >= 0.6 is 0 Å². The van der Waals surface area contributed by atoms with Gasteiger partial charge in [0.05, 0.1) is 11.4 Å². The molecule has 0 heterocycles. The molecule has 25 heavy (non-hydrogen) atoms. The van der Waals surface area contributed by atoms with Gasteiger partial charge in [0.25, 0.3) is 5.91 Å². The van der Waals surface area contributed by atoms with Crippen LogP contribution < -0.4 is 10.6 Å². The Morgan fingerprint density at radius 3 is 2.28 bits per heavy atom. The zero-order chi connectivity index (χ0) is 19.0. The van der Waals surface area contributed by atoms with E-state index in [2.05, 4.69) is 10.6 Å². The van der Waals surface area contributed by atoms with Gasteiger partial charge in [-0.05, 0) is 19.1 Å². The van der Waals surface area contributed by atoms with Crippen LogP contribution in [0.2, 0.25) is 0 Å². The largest absolute Gasteiger partial charge is 0.455 e. The summed E-state index contributed by atoms with van der Waals surface area (Å²) in [6, 6.07) is 6.18. The average molecular weight is 371 g/mol. The highest BCUT2D eigenvalue weighted by Crippen LogP contribution is 2.14. The minimum Gasteiger partial charge on any atom is -0.455 e.